The fraction of sp³-hybridized carbons (Fsp3) is 0.733. The normalized spacial score (nSPS) is 22.6. The van der Waals surface area contributed by atoms with E-state index in [9.17, 15) is 0 Å². The Balaban J connectivity index is 1.93. The Labute approximate surface area is 121 Å². The van der Waals surface area contributed by atoms with Crippen LogP contribution in [0.25, 0.3) is 0 Å². The van der Waals surface area contributed by atoms with Crippen LogP contribution in [-0.2, 0) is 6.54 Å². The van der Waals surface area contributed by atoms with Crippen LogP contribution in [0.5, 0.6) is 11.8 Å². The van der Waals surface area contributed by atoms with Gasteiger partial charge in [-0.2, -0.15) is 0 Å². The van der Waals surface area contributed by atoms with Gasteiger partial charge in [-0.15, -0.1) is 0 Å². The zero-order valence-electron chi connectivity index (χ0n) is 12.7. The minimum atomic E-state index is 0.584. The summed E-state index contributed by atoms with van der Waals surface area (Å²) in [4.78, 5) is 8.27. The van der Waals surface area contributed by atoms with Crippen LogP contribution in [-0.4, -0.2) is 30.7 Å². The molecule has 0 saturated heterocycles. The summed E-state index contributed by atoms with van der Waals surface area (Å²) in [5.41, 5.74) is 0.890. The fourth-order valence-electron chi connectivity index (χ4n) is 2.96. The van der Waals surface area contributed by atoms with E-state index in [4.69, 9.17) is 9.47 Å². The van der Waals surface area contributed by atoms with Crippen molar-refractivity contribution in [1.82, 2.24) is 15.3 Å². The van der Waals surface area contributed by atoms with Crippen molar-refractivity contribution in [2.24, 2.45) is 11.8 Å². The highest BCUT2D eigenvalue weighted by Gasteiger charge is 2.21. The maximum atomic E-state index is 5.28. The molecule has 2 unspecified atom stereocenters. The van der Waals surface area contributed by atoms with Crippen molar-refractivity contribution in [1.29, 1.82) is 0 Å². The molecule has 0 aliphatic heterocycles. The van der Waals surface area contributed by atoms with Gasteiger partial charge in [0.05, 0.1) is 19.8 Å². The van der Waals surface area contributed by atoms with Crippen molar-refractivity contribution < 1.29 is 9.47 Å². The molecule has 0 spiro atoms. The molecule has 5 heteroatoms. The highest BCUT2D eigenvalue weighted by molar-refractivity contribution is 5.34. The summed E-state index contributed by atoms with van der Waals surface area (Å²) in [6, 6.07) is 0. The molecule has 1 aliphatic carbocycles. The second-order valence-corrected chi connectivity index (χ2v) is 5.52. The summed E-state index contributed by atoms with van der Waals surface area (Å²) in [5, 5.41) is 3.51. The summed E-state index contributed by atoms with van der Waals surface area (Å²) in [6.45, 7) is 4.07. The van der Waals surface area contributed by atoms with Crippen LogP contribution < -0.4 is 14.8 Å². The molecule has 0 radical (unpaired) electrons. The Hall–Kier alpha value is -1.36. The summed E-state index contributed by atoms with van der Waals surface area (Å²) in [7, 11) is 3.24. The topological polar surface area (TPSA) is 56.3 Å². The molecular weight excluding hydrogens is 254 g/mol. The largest absolute Gasteiger partial charge is 0.481 e. The minimum Gasteiger partial charge on any atom is -0.481 e. The van der Waals surface area contributed by atoms with Gasteiger partial charge in [0.25, 0.3) is 0 Å². The first kappa shape index (κ1) is 15.0. The van der Waals surface area contributed by atoms with Crippen molar-refractivity contribution in [3.05, 3.63) is 11.9 Å². The van der Waals surface area contributed by atoms with Gasteiger partial charge in [-0.25, -0.2) is 9.97 Å². The lowest BCUT2D eigenvalue weighted by Crippen LogP contribution is -2.29. The van der Waals surface area contributed by atoms with Crippen LogP contribution in [0.1, 0.15) is 38.2 Å². The van der Waals surface area contributed by atoms with Gasteiger partial charge in [-0.3, -0.25) is 0 Å². The van der Waals surface area contributed by atoms with Gasteiger partial charge < -0.3 is 14.8 Å². The van der Waals surface area contributed by atoms with Crippen LogP contribution in [0.3, 0.4) is 0 Å². The lowest BCUT2D eigenvalue weighted by atomic mass is 9.80. The Morgan fingerprint density at radius 3 is 2.40 bits per heavy atom. The van der Waals surface area contributed by atoms with Crippen molar-refractivity contribution in [2.45, 2.75) is 39.2 Å². The Morgan fingerprint density at radius 1 is 1.15 bits per heavy atom. The Bertz CT molecular complexity index is 403. The van der Waals surface area contributed by atoms with Crippen LogP contribution in [0, 0.1) is 11.8 Å². The van der Waals surface area contributed by atoms with Gasteiger partial charge >= 0.3 is 0 Å². The predicted octanol–water partition coefficient (Wildman–Crippen LogP) is 2.41. The smallest absolute Gasteiger partial charge is 0.224 e. The van der Waals surface area contributed by atoms with Gasteiger partial charge in [0.1, 0.15) is 6.33 Å². The fourth-order valence-corrected chi connectivity index (χ4v) is 2.96. The van der Waals surface area contributed by atoms with E-state index in [1.54, 1.807) is 14.2 Å². The monoisotopic (exact) mass is 279 g/mol. The third kappa shape index (κ3) is 3.60. The molecule has 1 heterocycles. The molecule has 0 aromatic carbocycles. The number of hydrogen-bond donors (Lipinski definition) is 1. The molecule has 2 atom stereocenters. The average Bonchev–Trinajstić information content (AvgIpc) is 2.49. The van der Waals surface area contributed by atoms with E-state index in [-0.39, 0.29) is 0 Å². The van der Waals surface area contributed by atoms with Crippen LogP contribution in [0.2, 0.25) is 0 Å². The molecule has 1 aromatic rings. The predicted molar refractivity (Wildman–Crippen MR) is 78.0 cm³/mol. The molecule has 0 bridgehead atoms. The molecule has 1 aliphatic rings. The van der Waals surface area contributed by atoms with Gasteiger partial charge in [0.2, 0.25) is 11.8 Å². The number of aromatic nitrogens is 2. The van der Waals surface area contributed by atoms with E-state index < -0.39 is 0 Å². The quantitative estimate of drug-likeness (QED) is 0.866. The molecule has 112 valence electrons. The summed E-state index contributed by atoms with van der Waals surface area (Å²) < 4.78 is 10.6. The summed E-state index contributed by atoms with van der Waals surface area (Å²) in [6.07, 6.45) is 6.88. The van der Waals surface area contributed by atoms with Crippen molar-refractivity contribution in [3.8, 4) is 11.8 Å². The number of ether oxygens (including phenoxy) is 2. The first-order valence-electron chi connectivity index (χ1n) is 7.38. The number of nitrogens with zero attached hydrogens (tertiary/aromatic N) is 2. The van der Waals surface area contributed by atoms with E-state index in [1.807, 2.05) is 0 Å². The zero-order valence-corrected chi connectivity index (χ0v) is 12.7. The maximum Gasteiger partial charge on any atom is 0.224 e. The molecule has 1 fully saturated rings. The van der Waals surface area contributed by atoms with Crippen LogP contribution >= 0.6 is 0 Å². The van der Waals surface area contributed by atoms with Crippen LogP contribution in [0.4, 0.5) is 0 Å². The molecule has 2 rings (SSSR count). The molecule has 0 amide bonds. The second kappa shape index (κ2) is 7.43. The van der Waals surface area contributed by atoms with E-state index in [1.165, 1.54) is 32.0 Å². The lowest BCUT2D eigenvalue weighted by Gasteiger charge is -2.29. The number of rotatable bonds is 6. The summed E-state index contributed by atoms with van der Waals surface area (Å²) in [5.74, 6) is 2.75. The molecule has 1 aromatic heterocycles. The molecule has 5 nitrogen and oxygen atoms in total. The standard InChI is InChI=1S/C15H25N3O2/c1-11-6-4-5-7-12(11)8-16-9-13-14(19-2)17-10-18-15(13)20-3/h10-12,16H,4-9H2,1-3H3. The summed E-state index contributed by atoms with van der Waals surface area (Å²) >= 11 is 0. The third-order valence-corrected chi connectivity index (χ3v) is 4.25. The van der Waals surface area contributed by atoms with E-state index in [0.717, 1.165) is 23.9 Å². The first-order valence-corrected chi connectivity index (χ1v) is 7.38. The van der Waals surface area contributed by atoms with E-state index in [2.05, 4.69) is 22.2 Å². The third-order valence-electron chi connectivity index (χ3n) is 4.25. The van der Waals surface area contributed by atoms with Gasteiger partial charge in [0.15, 0.2) is 0 Å². The highest BCUT2D eigenvalue weighted by atomic mass is 16.5. The Kier molecular flexibility index (Phi) is 5.59. The molecular formula is C15H25N3O2. The van der Waals surface area contributed by atoms with Crippen molar-refractivity contribution in [3.63, 3.8) is 0 Å². The lowest BCUT2D eigenvalue weighted by molar-refractivity contribution is 0.246. The van der Waals surface area contributed by atoms with Gasteiger partial charge in [-0.1, -0.05) is 26.2 Å². The van der Waals surface area contributed by atoms with Gasteiger partial charge in [-0.05, 0) is 24.8 Å². The van der Waals surface area contributed by atoms with Crippen molar-refractivity contribution >= 4 is 0 Å². The second-order valence-electron chi connectivity index (χ2n) is 5.52. The average molecular weight is 279 g/mol. The van der Waals surface area contributed by atoms with E-state index in [0.29, 0.717) is 18.3 Å². The minimum absolute atomic E-state index is 0.584. The number of hydrogen-bond acceptors (Lipinski definition) is 5. The molecule has 1 saturated carbocycles. The highest BCUT2D eigenvalue weighted by Crippen LogP contribution is 2.29. The van der Waals surface area contributed by atoms with Crippen molar-refractivity contribution in [2.75, 3.05) is 20.8 Å². The SMILES string of the molecule is COc1ncnc(OC)c1CNCC1CCCCC1C. The molecule has 1 N–H and O–H groups in total. The Morgan fingerprint density at radius 2 is 1.80 bits per heavy atom. The zero-order chi connectivity index (χ0) is 14.4. The number of nitrogens with one attached hydrogen (secondary N) is 1. The van der Waals surface area contributed by atoms with E-state index >= 15 is 0 Å². The van der Waals surface area contributed by atoms with Crippen LogP contribution in [0.15, 0.2) is 6.33 Å². The first-order chi connectivity index (χ1) is 9.76. The van der Waals surface area contributed by atoms with Gasteiger partial charge in [0, 0.05) is 6.54 Å². The number of methoxy groups -OCH3 is 2. The molecule has 20 heavy (non-hydrogen) atoms. The maximum absolute atomic E-state index is 5.28.